The average molecular weight is 701 g/mol. The summed E-state index contributed by atoms with van der Waals surface area (Å²) in [5, 5.41) is 9.63. The maximum atomic E-state index is 5.39. The third-order valence-corrected chi connectivity index (χ3v) is 11.9. The Bertz CT molecular complexity index is 3080. The van der Waals surface area contributed by atoms with Crippen LogP contribution in [0.3, 0.4) is 0 Å². The van der Waals surface area contributed by atoms with Gasteiger partial charge < -0.3 is 0 Å². The zero-order valence-electron chi connectivity index (χ0n) is 30.7. The molecule has 0 radical (unpaired) electrons. The van der Waals surface area contributed by atoms with Crippen LogP contribution in [-0.2, 0) is 5.41 Å². The summed E-state index contributed by atoms with van der Waals surface area (Å²) in [7, 11) is 0. The monoisotopic (exact) mass is 700 g/mol. The first-order chi connectivity index (χ1) is 27.0. The summed E-state index contributed by atoms with van der Waals surface area (Å²) in [5.41, 5.74) is 12.8. The maximum Gasteiger partial charge on any atom is 0.161 e. The van der Waals surface area contributed by atoms with Gasteiger partial charge in [0, 0.05) is 22.1 Å². The van der Waals surface area contributed by atoms with Crippen LogP contribution in [0.1, 0.15) is 25.0 Å². The SMILES string of the molecule is CC1(C)c2ccc(-c3ccc(-c4cc(-c5cccc6ccccc56)nc(-c5cccc6ccccc56)n4)c4ccccc34)cc2-c2c1ccc1ccccc21. The molecule has 1 aliphatic carbocycles. The van der Waals surface area contributed by atoms with Gasteiger partial charge >= 0.3 is 0 Å². The van der Waals surface area contributed by atoms with E-state index in [1.807, 2.05) is 0 Å². The van der Waals surface area contributed by atoms with E-state index in [4.69, 9.17) is 9.97 Å². The van der Waals surface area contributed by atoms with Crippen LogP contribution in [0.15, 0.2) is 182 Å². The molecule has 1 heterocycles. The van der Waals surface area contributed by atoms with Crippen LogP contribution < -0.4 is 0 Å². The first-order valence-corrected chi connectivity index (χ1v) is 19.1. The summed E-state index contributed by atoms with van der Waals surface area (Å²) >= 11 is 0. The third kappa shape index (κ3) is 4.88. The molecule has 0 spiro atoms. The van der Waals surface area contributed by atoms with E-state index >= 15 is 0 Å². The molecule has 0 N–H and O–H groups in total. The molecule has 0 atom stereocenters. The number of hydrogen-bond donors (Lipinski definition) is 0. The molecule has 2 heteroatoms. The summed E-state index contributed by atoms with van der Waals surface area (Å²) in [6.07, 6.45) is 0. The van der Waals surface area contributed by atoms with E-state index in [0.717, 1.165) is 44.7 Å². The summed E-state index contributed by atoms with van der Waals surface area (Å²) in [4.78, 5) is 10.7. The van der Waals surface area contributed by atoms with Crippen molar-refractivity contribution in [1.29, 1.82) is 0 Å². The van der Waals surface area contributed by atoms with E-state index in [9.17, 15) is 0 Å². The highest BCUT2D eigenvalue weighted by atomic mass is 14.9. The van der Waals surface area contributed by atoms with Gasteiger partial charge in [-0.05, 0) is 88.6 Å². The van der Waals surface area contributed by atoms with Gasteiger partial charge in [0.05, 0.1) is 11.4 Å². The summed E-state index contributed by atoms with van der Waals surface area (Å²) in [6.45, 7) is 4.72. The lowest BCUT2D eigenvalue weighted by Crippen LogP contribution is -2.14. The van der Waals surface area contributed by atoms with E-state index < -0.39 is 0 Å². The minimum Gasteiger partial charge on any atom is -0.228 e. The van der Waals surface area contributed by atoms with Crippen molar-refractivity contribution in [1.82, 2.24) is 9.97 Å². The second kappa shape index (κ2) is 12.1. The molecule has 2 nitrogen and oxygen atoms in total. The second-order valence-electron chi connectivity index (χ2n) is 15.3. The molecule has 0 saturated carbocycles. The molecule has 0 unspecified atom stereocenters. The largest absolute Gasteiger partial charge is 0.228 e. The van der Waals surface area contributed by atoms with Crippen LogP contribution in [0.4, 0.5) is 0 Å². The standard InChI is InChI=1S/C53H36N2/c1-53(2)47-29-26-36(31-46(47)51-40-20-8-5-15-35(40)25-30-48(51)53)39-27-28-44(42-22-10-9-21-41(39)42)50-32-49(43-23-11-16-33-13-3-6-18-37(33)43)54-52(55-50)45-24-12-17-34-14-4-7-19-38(34)45/h3-32H,1-2H3. The van der Waals surface area contributed by atoms with Crippen LogP contribution in [0.25, 0.3) is 99.2 Å². The average Bonchev–Trinajstić information content (AvgIpc) is 3.48. The van der Waals surface area contributed by atoms with Crippen molar-refractivity contribution in [2.24, 2.45) is 0 Å². The highest BCUT2D eigenvalue weighted by molar-refractivity contribution is 6.08. The molecule has 0 saturated heterocycles. The van der Waals surface area contributed by atoms with Gasteiger partial charge in [-0.2, -0.15) is 0 Å². The Morgan fingerprint density at radius 2 is 0.836 bits per heavy atom. The first kappa shape index (κ1) is 31.6. The third-order valence-electron chi connectivity index (χ3n) is 11.9. The lowest BCUT2D eigenvalue weighted by Gasteiger charge is -2.22. The van der Waals surface area contributed by atoms with Crippen molar-refractivity contribution >= 4 is 43.1 Å². The molecule has 1 aromatic heterocycles. The normalized spacial score (nSPS) is 13.1. The van der Waals surface area contributed by atoms with E-state index in [0.29, 0.717) is 0 Å². The Hall–Kier alpha value is -6.90. The Kier molecular flexibility index (Phi) is 6.93. The fourth-order valence-electron chi connectivity index (χ4n) is 9.18. The minimum atomic E-state index is -0.0737. The van der Waals surface area contributed by atoms with E-state index in [1.54, 1.807) is 0 Å². The van der Waals surface area contributed by atoms with Gasteiger partial charge in [-0.25, -0.2) is 9.97 Å². The van der Waals surface area contributed by atoms with E-state index in [1.165, 1.54) is 65.7 Å². The highest BCUT2D eigenvalue weighted by Gasteiger charge is 2.36. The molecule has 258 valence electrons. The van der Waals surface area contributed by atoms with Crippen LogP contribution >= 0.6 is 0 Å². The lowest BCUT2D eigenvalue weighted by atomic mass is 9.81. The zero-order valence-corrected chi connectivity index (χ0v) is 30.7. The predicted octanol–water partition coefficient (Wildman–Crippen LogP) is 14.1. The second-order valence-corrected chi connectivity index (χ2v) is 15.3. The molecule has 1 aliphatic rings. The topological polar surface area (TPSA) is 25.8 Å². The highest BCUT2D eigenvalue weighted by Crippen LogP contribution is 2.52. The van der Waals surface area contributed by atoms with Gasteiger partial charge in [0.15, 0.2) is 5.82 Å². The van der Waals surface area contributed by atoms with Gasteiger partial charge in [-0.1, -0.05) is 184 Å². The number of hydrogen-bond acceptors (Lipinski definition) is 2. The lowest BCUT2D eigenvalue weighted by molar-refractivity contribution is 0.661. The molecular formula is C53H36N2. The Morgan fingerprint density at radius 3 is 1.53 bits per heavy atom. The van der Waals surface area contributed by atoms with Crippen molar-refractivity contribution in [2.45, 2.75) is 19.3 Å². The van der Waals surface area contributed by atoms with Gasteiger partial charge in [0.1, 0.15) is 0 Å². The molecular weight excluding hydrogens is 665 g/mol. The van der Waals surface area contributed by atoms with Crippen LogP contribution in [0, 0.1) is 0 Å². The van der Waals surface area contributed by atoms with Crippen molar-refractivity contribution in [3.8, 4) is 56.2 Å². The Balaban J connectivity index is 1.13. The Morgan fingerprint density at radius 1 is 0.345 bits per heavy atom. The molecule has 9 aromatic carbocycles. The van der Waals surface area contributed by atoms with Crippen molar-refractivity contribution < 1.29 is 0 Å². The van der Waals surface area contributed by atoms with Gasteiger partial charge in [-0.3, -0.25) is 0 Å². The number of fused-ring (bicyclic) bond motifs is 8. The number of nitrogens with zero attached hydrogens (tertiary/aromatic N) is 2. The summed E-state index contributed by atoms with van der Waals surface area (Å²) < 4.78 is 0. The minimum absolute atomic E-state index is 0.0737. The van der Waals surface area contributed by atoms with Gasteiger partial charge in [0.25, 0.3) is 0 Å². The van der Waals surface area contributed by atoms with Crippen LogP contribution in [0.2, 0.25) is 0 Å². The van der Waals surface area contributed by atoms with Gasteiger partial charge in [0.2, 0.25) is 0 Å². The van der Waals surface area contributed by atoms with Crippen LogP contribution in [0.5, 0.6) is 0 Å². The number of rotatable bonds is 4. The smallest absolute Gasteiger partial charge is 0.161 e. The molecule has 0 aliphatic heterocycles. The molecule has 55 heavy (non-hydrogen) atoms. The Labute approximate surface area is 320 Å². The first-order valence-electron chi connectivity index (χ1n) is 19.1. The molecule has 11 rings (SSSR count). The zero-order chi connectivity index (χ0) is 36.7. The van der Waals surface area contributed by atoms with E-state index in [2.05, 4.69) is 196 Å². The van der Waals surface area contributed by atoms with Crippen molar-refractivity contribution in [3.05, 3.63) is 193 Å². The van der Waals surface area contributed by atoms with Crippen molar-refractivity contribution in [3.63, 3.8) is 0 Å². The summed E-state index contributed by atoms with van der Waals surface area (Å²) in [6, 6.07) is 66.0. The quantitative estimate of drug-likeness (QED) is 0.183. The molecule has 0 amide bonds. The predicted molar refractivity (Wildman–Crippen MR) is 231 cm³/mol. The van der Waals surface area contributed by atoms with E-state index in [-0.39, 0.29) is 5.41 Å². The number of benzene rings is 9. The maximum absolute atomic E-state index is 5.39. The summed E-state index contributed by atoms with van der Waals surface area (Å²) in [5.74, 6) is 0.720. The fourth-order valence-corrected chi connectivity index (χ4v) is 9.18. The molecule has 0 fully saturated rings. The van der Waals surface area contributed by atoms with Gasteiger partial charge in [-0.15, -0.1) is 0 Å². The molecule has 0 bridgehead atoms. The fraction of sp³-hybridized carbons (Fsp3) is 0.0566. The van der Waals surface area contributed by atoms with Crippen molar-refractivity contribution in [2.75, 3.05) is 0 Å². The number of aromatic nitrogens is 2. The molecule has 10 aromatic rings. The van der Waals surface area contributed by atoms with Crippen LogP contribution in [-0.4, -0.2) is 9.97 Å².